The van der Waals surface area contributed by atoms with E-state index in [0.717, 1.165) is 11.1 Å². The molecule has 0 aromatic heterocycles. The number of nitrogens with one attached hydrogen (secondary N) is 1. The molecular formula is C25H25NO5. The van der Waals surface area contributed by atoms with Crippen molar-refractivity contribution in [1.82, 2.24) is 0 Å². The molecule has 3 rings (SSSR count). The number of hydrogen-bond acceptors (Lipinski definition) is 5. The topological polar surface area (TPSA) is 73.9 Å². The molecule has 3 aromatic rings. The van der Waals surface area contributed by atoms with Crippen LogP contribution < -0.4 is 19.5 Å². The van der Waals surface area contributed by atoms with Crippen molar-refractivity contribution in [3.63, 3.8) is 0 Å². The number of methoxy groups -OCH3 is 1. The molecule has 6 nitrogen and oxygen atoms in total. The Morgan fingerprint density at radius 2 is 1.52 bits per heavy atom. The van der Waals surface area contributed by atoms with Crippen molar-refractivity contribution in [2.45, 2.75) is 26.9 Å². The average molecular weight is 419 g/mol. The van der Waals surface area contributed by atoms with Crippen LogP contribution >= 0.6 is 0 Å². The Morgan fingerprint density at radius 1 is 0.871 bits per heavy atom. The van der Waals surface area contributed by atoms with E-state index in [1.165, 1.54) is 0 Å². The van der Waals surface area contributed by atoms with Crippen molar-refractivity contribution in [2.24, 2.45) is 0 Å². The van der Waals surface area contributed by atoms with Crippen molar-refractivity contribution < 1.29 is 23.8 Å². The van der Waals surface area contributed by atoms with Gasteiger partial charge in [-0.1, -0.05) is 12.1 Å². The molecule has 1 unspecified atom stereocenters. The maximum absolute atomic E-state index is 12.4. The van der Waals surface area contributed by atoms with Crippen molar-refractivity contribution >= 4 is 17.6 Å². The number of anilines is 1. The summed E-state index contributed by atoms with van der Waals surface area (Å²) in [6.07, 6.45) is -0.779. The number of benzene rings is 3. The van der Waals surface area contributed by atoms with E-state index in [4.69, 9.17) is 14.2 Å². The van der Waals surface area contributed by atoms with Gasteiger partial charge in [0.15, 0.2) is 6.10 Å². The molecule has 0 heterocycles. The van der Waals surface area contributed by atoms with Gasteiger partial charge in [0.1, 0.15) is 17.2 Å². The van der Waals surface area contributed by atoms with Crippen LogP contribution in [-0.2, 0) is 4.79 Å². The number of ether oxygens (including phenoxy) is 3. The Balaban J connectivity index is 1.58. The highest BCUT2D eigenvalue weighted by Crippen LogP contribution is 2.22. The molecule has 0 saturated carbocycles. The Kier molecular flexibility index (Phi) is 6.92. The summed E-state index contributed by atoms with van der Waals surface area (Å²) in [7, 11) is 1.58. The molecule has 1 amide bonds. The second-order valence-electron chi connectivity index (χ2n) is 7.16. The fourth-order valence-electron chi connectivity index (χ4n) is 2.82. The van der Waals surface area contributed by atoms with Crippen LogP contribution in [0.1, 0.15) is 28.4 Å². The van der Waals surface area contributed by atoms with Crippen molar-refractivity contribution in [3.8, 4) is 17.2 Å². The van der Waals surface area contributed by atoms with Crippen LogP contribution in [0.3, 0.4) is 0 Å². The molecule has 31 heavy (non-hydrogen) atoms. The zero-order chi connectivity index (χ0) is 22.4. The summed E-state index contributed by atoms with van der Waals surface area (Å²) in [4.78, 5) is 24.8. The Bertz CT molecular complexity index is 1060. The Labute approximate surface area is 181 Å². The number of rotatable bonds is 7. The van der Waals surface area contributed by atoms with E-state index in [1.54, 1.807) is 62.6 Å². The van der Waals surface area contributed by atoms with Crippen molar-refractivity contribution in [3.05, 3.63) is 83.4 Å². The maximum atomic E-state index is 12.4. The predicted octanol–water partition coefficient (Wildman–Crippen LogP) is 4.94. The minimum Gasteiger partial charge on any atom is -0.497 e. The summed E-state index contributed by atoms with van der Waals surface area (Å²) < 4.78 is 16.2. The first-order valence-corrected chi connectivity index (χ1v) is 9.87. The lowest BCUT2D eigenvalue weighted by atomic mass is 10.1. The second-order valence-corrected chi connectivity index (χ2v) is 7.16. The highest BCUT2D eigenvalue weighted by molar-refractivity contribution is 6.04. The van der Waals surface area contributed by atoms with Gasteiger partial charge in [-0.15, -0.1) is 0 Å². The van der Waals surface area contributed by atoms with Crippen LogP contribution in [0.25, 0.3) is 0 Å². The van der Waals surface area contributed by atoms with Gasteiger partial charge < -0.3 is 19.5 Å². The van der Waals surface area contributed by atoms with Gasteiger partial charge in [-0.3, -0.25) is 4.79 Å². The Hall–Kier alpha value is -3.80. The summed E-state index contributed by atoms with van der Waals surface area (Å²) in [5.74, 6) is 0.906. The molecule has 0 aliphatic heterocycles. The standard InChI is InChI=1S/C25H25NO5/c1-16-5-6-17(2)23(15-16)30-18(3)25(28)31-22-11-7-19(8-12-22)24(27)26-20-9-13-21(29-4)14-10-20/h5-15,18H,1-4H3,(H,26,27). The molecule has 0 saturated heterocycles. The fraction of sp³-hybridized carbons (Fsp3) is 0.200. The van der Waals surface area contributed by atoms with Crippen LogP contribution in [0.4, 0.5) is 5.69 Å². The van der Waals surface area contributed by atoms with E-state index in [1.807, 2.05) is 32.0 Å². The first-order valence-electron chi connectivity index (χ1n) is 9.87. The van der Waals surface area contributed by atoms with Gasteiger partial charge in [0.2, 0.25) is 0 Å². The Morgan fingerprint density at radius 3 is 2.16 bits per heavy atom. The van der Waals surface area contributed by atoms with Gasteiger partial charge in [0.05, 0.1) is 7.11 Å². The fourth-order valence-corrected chi connectivity index (χ4v) is 2.82. The van der Waals surface area contributed by atoms with Gasteiger partial charge in [-0.05, 0) is 86.5 Å². The highest BCUT2D eigenvalue weighted by Gasteiger charge is 2.18. The van der Waals surface area contributed by atoms with E-state index in [-0.39, 0.29) is 5.91 Å². The third-order valence-electron chi connectivity index (χ3n) is 4.66. The summed E-state index contributed by atoms with van der Waals surface area (Å²) in [5, 5.41) is 2.80. The lowest BCUT2D eigenvalue weighted by Gasteiger charge is -2.16. The highest BCUT2D eigenvalue weighted by atomic mass is 16.6. The van der Waals surface area contributed by atoms with Crippen LogP contribution in [-0.4, -0.2) is 25.1 Å². The molecular weight excluding hydrogens is 394 g/mol. The van der Waals surface area contributed by atoms with E-state index < -0.39 is 12.1 Å². The zero-order valence-electron chi connectivity index (χ0n) is 18.0. The number of carbonyl (C=O) groups is 2. The van der Waals surface area contributed by atoms with E-state index in [0.29, 0.717) is 28.5 Å². The zero-order valence-corrected chi connectivity index (χ0v) is 18.0. The number of hydrogen-bond donors (Lipinski definition) is 1. The van der Waals surface area contributed by atoms with Crippen LogP contribution in [0.5, 0.6) is 17.2 Å². The van der Waals surface area contributed by atoms with Gasteiger partial charge in [0.25, 0.3) is 5.91 Å². The molecule has 0 aliphatic rings. The molecule has 160 valence electrons. The van der Waals surface area contributed by atoms with Gasteiger partial charge in [-0.25, -0.2) is 4.79 Å². The molecule has 6 heteroatoms. The largest absolute Gasteiger partial charge is 0.497 e. The number of carbonyl (C=O) groups excluding carboxylic acids is 2. The van der Waals surface area contributed by atoms with E-state index in [9.17, 15) is 9.59 Å². The normalized spacial score (nSPS) is 11.4. The van der Waals surface area contributed by atoms with Crippen molar-refractivity contribution in [1.29, 1.82) is 0 Å². The molecule has 0 radical (unpaired) electrons. The number of aryl methyl sites for hydroxylation is 2. The van der Waals surface area contributed by atoms with E-state index in [2.05, 4.69) is 5.32 Å². The van der Waals surface area contributed by atoms with E-state index >= 15 is 0 Å². The summed E-state index contributed by atoms with van der Waals surface area (Å²) >= 11 is 0. The summed E-state index contributed by atoms with van der Waals surface area (Å²) in [6, 6.07) is 19.2. The molecule has 0 spiro atoms. The quantitative estimate of drug-likeness (QED) is 0.434. The number of esters is 1. The lowest BCUT2D eigenvalue weighted by molar-refractivity contribution is -0.141. The number of amides is 1. The first kappa shape index (κ1) is 21.9. The smallest absolute Gasteiger partial charge is 0.352 e. The molecule has 3 aromatic carbocycles. The lowest BCUT2D eigenvalue weighted by Crippen LogP contribution is -2.28. The molecule has 0 aliphatic carbocycles. The minimum absolute atomic E-state index is 0.269. The maximum Gasteiger partial charge on any atom is 0.352 e. The first-order chi connectivity index (χ1) is 14.9. The molecule has 0 bridgehead atoms. The average Bonchev–Trinajstić information content (AvgIpc) is 2.77. The third-order valence-corrected chi connectivity index (χ3v) is 4.66. The van der Waals surface area contributed by atoms with Crippen LogP contribution in [0.15, 0.2) is 66.7 Å². The SMILES string of the molecule is COc1ccc(NC(=O)c2ccc(OC(=O)C(C)Oc3cc(C)ccc3C)cc2)cc1. The monoisotopic (exact) mass is 419 g/mol. The van der Waals surface area contributed by atoms with Crippen molar-refractivity contribution in [2.75, 3.05) is 12.4 Å². The molecule has 1 N–H and O–H groups in total. The third kappa shape index (κ3) is 5.85. The molecule has 0 fully saturated rings. The minimum atomic E-state index is -0.779. The van der Waals surface area contributed by atoms with Crippen LogP contribution in [0.2, 0.25) is 0 Å². The van der Waals surface area contributed by atoms with Gasteiger partial charge >= 0.3 is 5.97 Å². The van der Waals surface area contributed by atoms with Crippen LogP contribution in [0, 0.1) is 13.8 Å². The summed E-state index contributed by atoms with van der Waals surface area (Å²) in [6.45, 7) is 5.52. The second kappa shape index (κ2) is 9.80. The van der Waals surface area contributed by atoms with Gasteiger partial charge in [-0.2, -0.15) is 0 Å². The predicted molar refractivity (Wildman–Crippen MR) is 119 cm³/mol. The van der Waals surface area contributed by atoms with Gasteiger partial charge in [0, 0.05) is 11.3 Å². The summed E-state index contributed by atoms with van der Waals surface area (Å²) in [5.41, 5.74) is 3.08. The molecule has 1 atom stereocenters.